The second-order valence-electron chi connectivity index (χ2n) is 13.2. The number of benzene rings is 3. The van der Waals surface area contributed by atoms with E-state index in [9.17, 15) is 21.6 Å². The van der Waals surface area contributed by atoms with Crippen LogP contribution >= 0.6 is 0 Å². The number of carboxylic acid groups (broad SMARTS) is 1. The fourth-order valence-corrected chi connectivity index (χ4v) is 7.01. The van der Waals surface area contributed by atoms with E-state index in [0.717, 1.165) is 65.4 Å². The van der Waals surface area contributed by atoms with Gasteiger partial charge in [0.1, 0.15) is 5.82 Å². The molecule has 1 aliphatic rings. The van der Waals surface area contributed by atoms with Crippen LogP contribution in [0, 0.1) is 11.8 Å². The third-order valence-electron chi connectivity index (χ3n) is 8.05. The van der Waals surface area contributed by atoms with Crippen molar-refractivity contribution in [1.82, 2.24) is 14.7 Å². The first kappa shape index (κ1) is 36.7. The van der Waals surface area contributed by atoms with Crippen LogP contribution in [-0.2, 0) is 14.8 Å². The molecule has 4 aromatic rings. The van der Waals surface area contributed by atoms with E-state index in [2.05, 4.69) is 36.1 Å². The molecule has 10 nitrogen and oxygen atoms in total. The van der Waals surface area contributed by atoms with E-state index in [0.29, 0.717) is 29.2 Å². The SMILES string of the molecule is CN(C)c1cccc2c(S(=O)(=O)NCC3CCC(CNc4nc(NC(C)(C)C)c5ccccc5n4)CC3)cccc12.O=C(O)C(F)(F)F. The maximum absolute atomic E-state index is 13.3. The Morgan fingerprint density at radius 3 is 2.02 bits per heavy atom. The van der Waals surface area contributed by atoms with Crippen molar-refractivity contribution in [2.24, 2.45) is 11.8 Å². The lowest BCUT2D eigenvalue weighted by Gasteiger charge is -2.29. The number of anilines is 3. The molecule has 14 heteroatoms. The molecular weight excluding hydrogens is 645 g/mol. The normalized spacial score (nSPS) is 17.0. The highest BCUT2D eigenvalue weighted by Crippen LogP contribution is 2.32. The molecule has 5 rings (SSSR count). The van der Waals surface area contributed by atoms with Crippen LogP contribution in [0.2, 0.25) is 0 Å². The Hall–Kier alpha value is -4.17. The molecule has 48 heavy (non-hydrogen) atoms. The van der Waals surface area contributed by atoms with Gasteiger partial charge in [0.15, 0.2) is 0 Å². The van der Waals surface area contributed by atoms with Gasteiger partial charge in [-0.3, -0.25) is 0 Å². The molecule has 0 unspecified atom stereocenters. The Balaban J connectivity index is 0.000000671. The Morgan fingerprint density at radius 1 is 0.854 bits per heavy atom. The summed E-state index contributed by atoms with van der Waals surface area (Å²) >= 11 is 0. The number of rotatable bonds is 9. The maximum Gasteiger partial charge on any atom is 0.490 e. The largest absolute Gasteiger partial charge is 0.490 e. The van der Waals surface area contributed by atoms with Crippen LogP contribution < -0.4 is 20.3 Å². The number of hydrogen-bond donors (Lipinski definition) is 4. The fraction of sp³-hybridized carbons (Fsp3) is 0.441. The van der Waals surface area contributed by atoms with E-state index in [1.165, 1.54) is 0 Å². The van der Waals surface area contributed by atoms with Crippen molar-refractivity contribution >= 4 is 55.1 Å². The van der Waals surface area contributed by atoms with Crippen LogP contribution in [0.15, 0.2) is 65.6 Å². The molecule has 0 saturated heterocycles. The van der Waals surface area contributed by atoms with Gasteiger partial charge < -0.3 is 20.6 Å². The summed E-state index contributed by atoms with van der Waals surface area (Å²) in [5.74, 6) is -0.455. The zero-order chi connectivity index (χ0) is 35.3. The van der Waals surface area contributed by atoms with E-state index in [1.807, 2.05) is 73.6 Å². The first-order valence-electron chi connectivity index (χ1n) is 15.7. The molecule has 0 radical (unpaired) electrons. The summed E-state index contributed by atoms with van der Waals surface area (Å²) in [5, 5.41) is 16.8. The van der Waals surface area contributed by atoms with Crippen LogP contribution in [-0.4, -0.2) is 68.4 Å². The summed E-state index contributed by atoms with van der Waals surface area (Å²) in [4.78, 5) is 20.8. The zero-order valence-corrected chi connectivity index (χ0v) is 28.5. The second kappa shape index (κ2) is 14.9. The predicted molar refractivity (Wildman–Crippen MR) is 184 cm³/mol. The number of nitrogens with zero attached hydrogens (tertiary/aromatic N) is 3. The summed E-state index contributed by atoms with van der Waals surface area (Å²) in [5.41, 5.74) is 1.80. The Bertz CT molecular complexity index is 1840. The van der Waals surface area contributed by atoms with Crippen LogP contribution in [0.1, 0.15) is 46.5 Å². The second-order valence-corrected chi connectivity index (χ2v) is 15.0. The van der Waals surface area contributed by atoms with Crippen LogP contribution in [0.25, 0.3) is 21.7 Å². The summed E-state index contributed by atoms with van der Waals surface area (Å²) in [6.07, 6.45) is -1.02. The number of nitrogens with one attached hydrogen (secondary N) is 3. The average Bonchev–Trinajstić information content (AvgIpc) is 3.02. The number of aromatic nitrogens is 2. The molecule has 1 saturated carbocycles. The summed E-state index contributed by atoms with van der Waals surface area (Å²) in [6, 6.07) is 19.4. The molecule has 3 aromatic carbocycles. The minimum Gasteiger partial charge on any atom is -0.475 e. The maximum atomic E-state index is 13.3. The lowest BCUT2D eigenvalue weighted by Crippen LogP contribution is -2.32. The van der Waals surface area contributed by atoms with Crippen LogP contribution in [0.3, 0.4) is 0 Å². The van der Waals surface area contributed by atoms with Gasteiger partial charge in [-0.05, 0) is 82.6 Å². The van der Waals surface area contributed by atoms with Crippen molar-refractivity contribution in [1.29, 1.82) is 0 Å². The van der Waals surface area contributed by atoms with Gasteiger partial charge in [0.25, 0.3) is 0 Å². The van der Waals surface area contributed by atoms with Crippen molar-refractivity contribution < 1.29 is 31.5 Å². The molecule has 0 spiro atoms. The Morgan fingerprint density at radius 2 is 1.42 bits per heavy atom. The molecular formula is C34H43F3N6O4S. The van der Waals surface area contributed by atoms with E-state index in [1.54, 1.807) is 6.07 Å². The number of carboxylic acids is 1. The van der Waals surface area contributed by atoms with Crippen molar-refractivity contribution in [2.45, 2.75) is 63.1 Å². The van der Waals surface area contributed by atoms with Gasteiger partial charge in [-0.2, -0.15) is 18.2 Å². The summed E-state index contributed by atoms with van der Waals surface area (Å²) in [7, 11) is 0.310. The van der Waals surface area contributed by atoms with Crippen molar-refractivity contribution in [3.63, 3.8) is 0 Å². The van der Waals surface area contributed by atoms with Gasteiger partial charge in [-0.25, -0.2) is 22.9 Å². The Labute approximate surface area is 279 Å². The monoisotopic (exact) mass is 688 g/mol. The number of alkyl halides is 3. The highest BCUT2D eigenvalue weighted by Gasteiger charge is 2.38. The first-order valence-corrected chi connectivity index (χ1v) is 17.2. The van der Waals surface area contributed by atoms with E-state index in [4.69, 9.17) is 19.9 Å². The quantitative estimate of drug-likeness (QED) is 0.148. The van der Waals surface area contributed by atoms with Crippen molar-refractivity contribution in [3.05, 3.63) is 60.7 Å². The van der Waals surface area contributed by atoms with Gasteiger partial charge in [-0.1, -0.05) is 36.4 Å². The third kappa shape index (κ3) is 9.69. The molecule has 0 bridgehead atoms. The highest BCUT2D eigenvalue weighted by molar-refractivity contribution is 7.89. The minimum absolute atomic E-state index is 0.114. The smallest absolute Gasteiger partial charge is 0.475 e. The number of aliphatic carboxylic acids is 1. The third-order valence-corrected chi connectivity index (χ3v) is 9.53. The van der Waals surface area contributed by atoms with Gasteiger partial charge >= 0.3 is 12.1 Å². The number of sulfonamides is 1. The predicted octanol–water partition coefficient (Wildman–Crippen LogP) is 6.89. The number of para-hydroxylation sites is 1. The topological polar surface area (TPSA) is 137 Å². The number of hydrogen-bond acceptors (Lipinski definition) is 8. The summed E-state index contributed by atoms with van der Waals surface area (Å²) in [6.45, 7) is 7.63. The van der Waals surface area contributed by atoms with Gasteiger partial charge in [0.2, 0.25) is 16.0 Å². The average molecular weight is 689 g/mol. The van der Waals surface area contributed by atoms with Gasteiger partial charge in [0.05, 0.1) is 10.4 Å². The zero-order valence-electron chi connectivity index (χ0n) is 27.7. The van der Waals surface area contributed by atoms with E-state index >= 15 is 0 Å². The van der Waals surface area contributed by atoms with E-state index in [-0.39, 0.29) is 5.54 Å². The first-order chi connectivity index (χ1) is 22.4. The molecule has 1 fully saturated rings. The molecule has 0 atom stereocenters. The molecule has 1 aliphatic carbocycles. The summed E-state index contributed by atoms with van der Waals surface area (Å²) < 4.78 is 61.3. The lowest BCUT2D eigenvalue weighted by molar-refractivity contribution is -0.192. The van der Waals surface area contributed by atoms with Crippen molar-refractivity contribution in [3.8, 4) is 0 Å². The standard InChI is InChI=1S/C32H42N6O2S.C2HF3O2/c1-32(2,3)37-30-26-10-6-7-13-27(26)35-31(36-30)33-20-22-16-18-23(19-17-22)21-34-41(39,40)29-15-9-11-24-25(29)12-8-14-28(24)38(4)5;3-2(4,5)1(6)7/h6-15,22-23,34H,16-21H2,1-5H3,(H2,33,35,36,37);(H,6,7). The molecule has 0 aliphatic heterocycles. The Kier molecular flexibility index (Phi) is 11.4. The van der Waals surface area contributed by atoms with Gasteiger partial charge in [0, 0.05) is 54.6 Å². The molecule has 260 valence electrons. The highest BCUT2D eigenvalue weighted by atomic mass is 32.2. The van der Waals surface area contributed by atoms with Crippen molar-refractivity contribution in [2.75, 3.05) is 42.7 Å². The molecule has 1 aromatic heterocycles. The van der Waals surface area contributed by atoms with Crippen LogP contribution in [0.4, 0.5) is 30.6 Å². The number of carbonyl (C=O) groups is 1. The number of halogens is 3. The minimum atomic E-state index is -5.08. The molecule has 0 amide bonds. The molecule has 1 heterocycles. The van der Waals surface area contributed by atoms with Crippen LogP contribution in [0.5, 0.6) is 0 Å². The molecule has 4 N–H and O–H groups in total. The number of fused-ring (bicyclic) bond motifs is 2. The fourth-order valence-electron chi connectivity index (χ4n) is 5.68. The van der Waals surface area contributed by atoms with Gasteiger partial charge in [-0.15, -0.1) is 0 Å². The van der Waals surface area contributed by atoms with E-state index < -0.39 is 22.2 Å². The lowest BCUT2D eigenvalue weighted by atomic mass is 9.82.